The summed E-state index contributed by atoms with van der Waals surface area (Å²) in [5, 5.41) is 23.0. The Morgan fingerprint density at radius 2 is 1.92 bits per heavy atom. The van der Waals surface area contributed by atoms with Gasteiger partial charge in [0.15, 0.2) is 12.7 Å². The van der Waals surface area contributed by atoms with Crippen LogP contribution >= 0.6 is 0 Å². The molecule has 0 aliphatic carbocycles. The van der Waals surface area contributed by atoms with Gasteiger partial charge in [-0.1, -0.05) is 30.3 Å². The van der Waals surface area contributed by atoms with E-state index in [1.165, 1.54) is 19.2 Å². The molecule has 0 unspecified atom stereocenters. The molecular weight excluding hydrogens is 344 g/mol. The number of esters is 1. The lowest BCUT2D eigenvalue weighted by molar-refractivity contribution is -0.384. The first kappa shape index (κ1) is 18.9. The zero-order valence-corrected chi connectivity index (χ0v) is 13.7. The second-order valence-corrected chi connectivity index (χ2v) is 5.11. The van der Waals surface area contributed by atoms with E-state index in [9.17, 15) is 24.8 Å². The Kier molecular flexibility index (Phi) is 6.23. The zero-order chi connectivity index (χ0) is 19.1. The number of aliphatic hydroxyl groups excluding tert-OH is 1. The molecule has 2 aromatic carbocycles. The molecule has 2 rings (SSSR count). The van der Waals surface area contributed by atoms with Crippen LogP contribution in [-0.2, 0) is 14.3 Å². The second kappa shape index (κ2) is 8.58. The monoisotopic (exact) mass is 360 g/mol. The maximum Gasteiger partial charge on any atom is 0.340 e. The van der Waals surface area contributed by atoms with Crippen LogP contribution < -0.4 is 10.1 Å². The van der Waals surface area contributed by atoms with Gasteiger partial charge in [0.2, 0.25) is 0 Å². The summed E-state index contributed by atoms with van der Waals surface area (Å²) in [6.07, 6.45) is -1.50. The van der Waals surface area contributed by atoms with Crippen molar-refractivity contribution in [3.05, 3.63) is 64.2 Å². The molecule has 1 atom stereocenters. The highest BCUT2D eigenvalue weighted by Crippen LogP contribution is 2.28. The number of nitrogens with zero attached hydrogens (tertiary/aromatic N) is 1. The number of carbonyl (C=O) groups is 2. The molecule has 26 heavy (non-hydrogen) atoms. The van der Waals surface area contributed by atoms with Crippen molar-refractivity contribution in [2.75, 3.05) is 19.0 Å². The fourth-order valence-corrected chi connectivity index (χ4v) is 2.07. The second-order valence-electron chi connectivity index (χ2n) is 5.11. The van der Waals surface area contributed by atoms with E-state index in [4.69, 9.17) is 9.47 Å². The minimum absolute atomic E-state index is 0.0863. The number of rotatable bonds is 7. The van der Waals surface area contributed by atoms with Crippen LogP contribution in [0.15, 0.2) is 48.5 Å². The van der Waals surface area contributed by atoms with Gasteiger partial charge in [-0.05, 0) is 11.6 Å². The molecule has 0 heterocycles. The van der Waals surface area contributed by atoms with E-state index in [1.807, 2.05) is 0 Å². The number of non-ortho nitro benzene ring substituents is 1. The number of nitro benzene ring substituents is 1. The minimum atomic E-state index is -1.50. The van der Waals surface area contributed by atoms with Crippen molar-refractivity contribution in [1.29, 1.82) is 0 Å². The van der Waals surface area contributed by atoms with Crippen molar-refractivity contribution in [1.82, 2.24) is 0 Å². The number of carbonyl (C=O) groups excluding carboxylic acids is 2. The first-order valence-electron chi connectivity index (χ1n) is 7.44. The van der Waals surface area contributed by atoms with E-state index in [0.717, 1.165) is 6.07 Å². The van der Waals surface area contributed by atoms with Crippen molar-refractivity contribution in [2.45, 2.75) is 6.10 Å². The molecule has 9 nitrogen and oxygen atoms in total. The largest absolute Gasteiger partial charge is 0.494 e. The molecule has 2 aromatic rings. The molecule has 0 radical (unpaired) electrons. The highest BCUT2D eigenvalue weighted by molar-refractivity contribution is 5.94. The number of hydrogen-bond donors (Lipinski definition) is 2. The Balaban J connectivity index is 1.94. The summed E-state index contributed by atoms with van der Waals surface area (Å²) in [6.45, 7) is -0.636. The van der Waals surface area contributed by atoms with Crippen LogP contribution in [0, 0.1) is 10.1 Å². The Morgan fingerprint density at radius 3 is 2.54 bits per heavy atom. The Bertz CT molecular complexity index is 808. The molecule has 0 saturated carbocycles. The van der Waals surface area contributed by atoms with Gasteiger partial charge in [0.1, 0.15) is 5.75 Å². The van der Waals surface area contributed by atoms with Crippen molar-refractivity contribution in [3.8, 4) is 5.75 Å². The molecule has 0 aliphatic heterocycles. The zero-order valence-electron chi connectivity index (χ0n) is 13.7. The van der Waals surface area contributed by atoms with Gasteiger partial charge in [-0.25, -0.2) is 4.79 Å². The molecule has 9 heteroatoms. The molecular formula is C17H16N2O7. The number of methoxy groups -OCH3 is 1. The number of amides is 1. The van der Waals surface area contributed by atoms with Gasteiger partial charge in [0.05, 0.1) is 23.8 Å². The third-order valence-corrected chi connectivity index (χ3v) is 3.35. The summed E-state index contributed by atoms with van der Waals surface area (Å²) in [6, 6.07) is 11.8. The molecule has 0 fully saturated rings. The third-order valence-electron chi connectivity index (χ3n) is 3.35. The Labute approximate surface area is 148 Å². The maximum absolute atomic E-state index is 11.9. The number of hydrogen-bond acceptors (Lipinski definition) is 7. The van der Waals surface area contributed by atoms with Crippen LogP contribution in [0.4, 0.5) is 11.4 Å². The smallest absolute Gasteiger partial charge is 0.340 e. The molecule has 0 bridgehead atoms. The molecule has 0 aliphatic rings. The van der Waals surface area contributed by atoms with E-state index in [1.54, 1.807) is 30.3 Å². The van der Waals surface area contributed by atoms with Crippen LogP contribution in [0.25, 0.3) is 0 Å². The van der Waals surface area contributed by atoms with Gasteiger partial charge in [-0.2, -0.15) is 0 Å². The average molecular weight is 360 g/mol. The first-order valence-corrected chi connectivity index (χ1v) is 7.44. The average Bonchev–Trinajstić information content (AvgIpc) is 2.66. The van der Waals surface area contributed by atoms with Gasteiger partial charge < -0.3 is 19.9 Å². The minimum Gasteiger partial charge on any atom is -0.494 e. The van der Waals surface area contributed by atoms with Crippen molar-refractivity contribution in [2.24, 2.45) is 0 Å². The lowest BCUT2D eigenvalue weighted by atomic mass is 10.1. The fraction of sp³-hybridized carbons (Fsp3) is 0.176. The molecule has 0 aromatic heterocycles. The fourth-order valence-electron chi connectivity index (χ4n) is 2.07. The number of ether oxygens (including phenoxy) is 2. The molecule has 2 N–H and O–H groups in total. The summed E-state index contributed by atoms with van der Waals surface area (Å²) in [7, 11) is 1.30. The van der Waals surface area contributed by atoms with Gasteiger partial charge in [-0.3, -0.25) is 14.9 Å². The highest BCUT2D eigenvalue weighted by Gasteiger charge is 2.20. The summed E-state index contributed by atoms with van der Waals surface area (Å²) >= 11 is 0. The molecule has 1 amide bonds. The van der Waals surface area contributed by atoms with E-state index < -0.39 is 29.5 Å². The molecule has 136 valence electrons. The Hall–Kier alpha value is -3.46. The van der Waals surface area contributed by atoms with E-state index in [2.05, 4.69) is 5.32 Å². The van der Waals surface area contributed by atoms with Crippen LogP contribution in [-0.4, -0.2) is 35.6 Å². The van der Waals surface area contributed by atoms with E-state index >= 15 is 0 Å². The number of nitro groups is 1. The predicted molar refractivity (Wildman–Crippen MR) is 90.6 cm³/mol. The van der Waals surface area contributed by atoms with E-state index in [-0.39, 0.29) is 17.1 Å². The summed E-state index contributed by atoms with van der Waals surface area (Å²) in [5.74, 6) is -1.57. The Morgan fingerprint density at radius 1 is 1.23 bits per heavy atom. The van der Waals surface area contributed by atoms with Crippen molar-refractivity contribution in [3.63, 3.8) is 0 Å². The predicted octanol–water partition coefficient (Wildman–Crippen LogP) is 1.82. The third kappa shape index (κ3) is 4.77. The standard InChI is InChI=1S/C17H16N2O7/c1-25-14-9-12(19(23)24)7-8-13(14)18-15(20)10-26-17(22)16(21)11-5-3-2-4-6-11/h2-9,16,21H,10H2,1H3,(H,18,20)/t16-/m1/s1. The first-order chi connectivity index (χ1) is 12.4. The van der Waals surface area contributed by atoms with Crippen molar-refractivity contribution >= 4 is 23.3 Å². The van der Waals surface area contributed by atoms with Gasteiger partial charge in [0, 0.05) is 6.07 Å². The van der Waals surface area contributed by atoms with Crippen LogP contribution in [0.5, 0.6) is 5.75 Å². The number of nitrogens with one attached hydrogen (secondary N) is 1. The van der Waals surface area contributed by atoms with Gasteiger partial charge >= 0.3 is 5.97 Å². The van der Waals surface area contributed by atoms with Gasteiger partial charge in [-0.15, -0.1) is 0 Å². The number of aliphatic hydroxyl groups is 1. The SMILES string of the molecule is COc1cc([N+](=O)[O-])ccc1NC(=O)COC(=O)[C@H](O)c1ccccc1. The maximum atomic E-state index is 11.9. The summed E-state index contributed by atoms with van der Waals surface area (Å²) in [5.41, 5.74) is 0.329. The van der Waals surface area contributed by atoms with Crippen molar-refractivity contribution < 1.29 is 29.1 Å². The molecule has 0 spiro atoms. The van der Waals surface area contributed by atoms with Crippen LogP contribution in [0.3, 0.4) is 0 Å². The topological polar surface area (TPSA) is 128 Å². The quantitative estimate of drug-likeness (QED) is 0.438. The molecule has 0 saturated heterocycles. The lowest BCUT2D eigenvalue weighted by Crippen LogP contribution is -2.24. The van der Waals surface area contributed by atoms with E-state index in [0.29, 0.717) is 5.56 Å². The van der Waals surface area contributed by atoms with Gasteiger partial charge in [0.25, 0.3) is 11.6 Å². The van der Waals surface area contributed by atoms with Crippen LogP contribution in [0.2, 0.25) is 0 Å². The normalized spacial score (nSPS) is 11.3. The lowest BCUT2D eigenvalue weighted by Gasteiger charge is -2.12. The summed E-state index contributed by atoms with van der Waals surface area (Å²) < 4.78 is 9.77. The number of anilines is 1. The highest BCUT2D eigenvalue weighted by atomic mass is 16.6. The summed E-state index contributed by atoms with van der Waals surface area (Å²) in [4.78, 5) is 33.8. The number of benzene rings is 2. The van der Waals surface area contributed by atoms with Crippen LogP contribution in [0.1, 0.15) is 11.7 Å².